The van der Waals surface area contributed by atoms with Gasteiger partial charge in [-0.1, -0.05) is 33.8 Å². The zero-order valence-electron chi connectivity index (χ0n) is 20.6. The SMILES string of the molecule is CCC(=O)[C@@H]1Oc2c(OC(=O)CC(C)(C)C)ccc3c2[C@@]12CCN(CC1CC1)C(C3)[C@@]2(C)O. The summed E-state index contributed by atoms with van der Waals surface area (Å²) < 4.78 is 12.2. The summed E-state index contributed by atoms with van der Waals surface area (Å²) >= 11 is 0. The molecule has 1 unspecified atom stereocenters. The van der Waals surface area contributed by atoms with E-state index in [0.29, 0.717) is 30.8 Å². The number of benzene rings is 1. The van der Waals surface area contributed by atoms with Gasteiger partial charge < -0.3 is 14.6 Å². The molecule has 2 aliphatic heterocycles. The molecule has 1 aromatic carbocycles. The highest BCUT2D eigenvalue weighted by molar-refractivity contribution is 5.88. The zero-order chi connectivity index (χ0) is 23.8. The standard InChI is InChI=1S/C27H37NO5/c1-6-18(29)24-27-11-12-28(15-16-7-8-16)20(26(27,5)31)13-17-9-10-19(23(33-24)22(17)27)32-21(30)14-25(2,3)4/h9-10,16,20,24,31H,6-8,11-15H2,1-5H3/t20?,24-,26+,27-/m0/s1. The second kappa shape index (κ2) is 7.54. The smallest absolute Gasteiger partial charge is 0.311 e. The van der Waals surface area contributed by atoms with Crippen molar-refractivity contribution >= 4 is 11.8 Å². The maximum atomic E-state index is 13.2. The first-order chi connectivity index (χ1) is 15.5. The molecule has 2 aliphatic carbocycles. The van der Waals surface area contributed by atoms with Gasteiger partial charge in [0.1, 0.15) is 0 Å². The van der Waals surface area contributed by atoms with Crippen LogP contribution in [-0.2, 0) is 21.4 Å². The highest BCUT2D eigenvalue weighted by atomic mass is 16.6. The maximum absolute atomic E-state index is 13.2. The second-order valence-corrected chi connectivity index (χ2v) is 12.0. The van der Waals surface area contributed by atoms with E-state index in [4.69, 9.17) is 9.47 Å². The molecule has 1 saturated heterocycles. The van der Waals surface area contributed by atoms with Gasteiger partial charge in [0.25, 0.3) is 0 Å². The highest BCUT2D eigenvalue weighted by Gasteiger charge is 2.69. The van der Waals surface area contributed by atoms with Crippen molar-refractivity contribution in [1.82, 2.24) is 4.90 Å². The second-order valence-electron chi connectivity index (χ2n) is 12.0. The van der Waals surface area contributed by atoms with E-state index in [1.54, 1.807) is 0 Å². The molecule has 1 N–H and O–H groups in total. The van der Waals surface area contributed by atoms with Crippen LogP contribution in [-0.4, -0.2) is 52.6 Å². The minimum atomic E-state index is -1.12. The summed E-state index contributed by atoms with van der Waals surface area (Å²) in [6.07, 6.45) is 3.74. The number of fused-ring (bicyclic) bond motifs is 1. The number of carbonyl (C=O) groups is 2. The lowest BCUT2D eigenvalue weighted by Gasteiger charge is -2.59. The minimum Gasteiger partial charge on any atom is -0.477 e. The molecule has 0 radical (unpaired) electrons. The first-order valence-electron chi connectivity index (χ1n) is 12.5. The fraction of sp³-hybridized carbons (Fsp3) is 0.704. The van der Waals surface area contributed by atoms with Gasteiger partial charge in [0.05, 0.1) is 17.4 Å². The number of nitrogens with zero attached hydrogens (tertiary/aromatic N) is 1. The molecule has 33 heavy (non-hydrogen) atoms. The summed E-state index contributed by atoms with van der Waals surface area (Å²) in [6, 6.07) is 3.76. The minimum absolute atomic E-state index is 0.0133. The van der Waals surface area contributed by atoms with Crippen molar-refractivity contribution in [3.05, 3.63) is 23.3 Å². The summed E-state index contributed by atoms with van der Waals surface area (Å²) in [5.74, 6) is 1.24. The van der Waals surface area contributed by atoms with Crippen molar-refractivity contribution in [2.75, 3.05) is 13.1 Å². The van der Waals surface area contributed by atoms with Gasteiger partial charge in [-0.25, -0.2) is 0 Å². The van der Waals surface area contributed by atoms with E-state index in [0.717, 1.165) is 30.1 Å². The van der Waals surface area contributed by atoms with Gasteiger partial charge in [0.15, 0.2) is 23.4 Å². The van der Waals surface area contributed by atoms with Crippen molar-refractivity contribution in [3.8, 4) is 11.5 Å². The number of hydrogen-bond donors (Lipinski definition) is 1. The first kappa shape index (κ1) is 22.9. The van der Waals surface area contributed by atoms with E-state index in [9.17, 15) is 14.7 Å². The summed E-state index contributed by atoms with van der Waals surface area (Å²) in [4.78, 5) is 28.3. The van der Waals surface area contributed by atoms with Crippen LogP contribution in [0.4, 0.5) is 0 Å². The molecule has 6 heteroatoms. The Morgan fingerprint density at radius 3 is 2.64 bits per heavy atom. The van der Waals surface area contributed by atoms with E-state index in [-0.39, 0.29) is 29.6 Å². The lowest BCUT2D eigenvalue weighted by Crippen LogP contribution is -2.73. The molecule has 1 aromatic rings. The van der Waals surface area contributed by atoms with E-state index < -0.39 is 17.1 Å². The topological polar surface area (TPSA) is 76.1 Å². The Kier molecular flexibility index (Phi) is 5.22. The van der Waals surface area contributed by atoms with Crippen LogP contribution in [0.2, 0.25) is 0 Å². The number of likely N-dealkylation sites (tertiary alicyclic amines) is 1. The number of rotatable bonds is 6. The summed E-state index contributed by atoms with van der Waals surface area (Å²) in [5, 5.41) is 12.1. The lowest BCUT2D eigenvalue weighted by atomic mass is 9.53. The number of ether oxygens (including phenoxy) is 2. The van der Waals surface area contributed by atoms with Crippen molar-refractivity contribution in [3.63, 3.8) is 0 Å². The van der Waals surface area contributed by atoms with Crippen LogP contribution in [0.3, 0.4) is 0 Å². The number of esters is 1. The quantitative estimate of drug-likeness (QED) is 0.520. The van der Waals surface area contributed by atoms with Crippen LogP contribution in [0.5, 0.6) is 11.5 Å². The molecule has 4 atom stereocenters. The number of hydrogen-bond acceptors (Lipinski definition) is 6. The monoisotopic (exact) mass is 455 g/mol. The Labute approximate surface area is 196 Å². The molecule has 0 aromatic heterocycles. The third-order valence-corrected chi connectivity index (χ3v) is 8.27. The van der Waals surface area contributed by atoms with E-state index >= 15 is 0 Å². The van der Waals surface area contributed by atoms with Crippen molar-refractivity contribution in [1.29, 1.82) is 0 Å². The van der Waals surface area contributed by atoms with Gasteiger partial charge in [-0.3, -0.25) is 14.5 Å². The molecule has 1 spiro atoms. The predicted octanol–water partition coefficient (Wildman–Crippen LogP) is 3.80. The Balaban J connectivity index is 1.59. The van der Waals surface area contributed by atoms with E-state index in [1.807, 2.05) is 46.8 Å². The molecule has 0 amide bonds. The number of ketones is 1. The van der Waals surface area contributed by atoms with Gasteiger partial charge in [0, 0.05) is 24.6 Å². The molecule has 180 valence electrons. The third-order valence-electron chi connectivity index (χ3n) is 8.27. The summed E-state index contributed by atoms with van der Waals surface area (Å²) in [6.45, 7) is 11.6. The maximum Gasteiger partial charge on any atom is 0.311 e. The van der Waals surface area contributed by atoms with Gasteiger partial charge >= 0.3 is 5.97 Å². The van der Waals surface area contributed by atoms with Crippen LogP contribution < -0.4 is 9.47 Å². The highest BCUT2D eigenvalue weighted by Crippen LogP contribution is 2.62. The average molecular weight is 456 g/mol. The average Bonchev–Trinajstić information content (AvgIpc) is 3.45. The number of carbonyl (C=O) groups excluding carboxylic acids is 2. The molecule has 1 saturated carbocycles. The van der Waals surface area contributed by atoms with Gasteiger partial charge in [-0.05, 0) is 62.1 Å². The number of Topliss-reactive ketones (excluding diaryl/α,β-unsaturated/α-hetero) is 1. The molecule has 2 heterocycles. The van der Waals surface area contributed by atoms with E-state index in [2.05, 4.69) is 4.90 Å². The van der Waals surface area contributed by atoms with Crippen LogP contribution in [0, 0.1) is 11.3 Å². The van der Waals surface area contributed by atoms with Crippen LogP contribution in [0.1, 0.15) is 77.8 Å². The summed E-state index contributed by atoms with van der Waals surface area (Å²) in [5.41, 5.74) is -0.145. The number of aliphatic hydroxyl groups is 1. The zero-order valence-corrected chi connectivity index (χ0v) is 20.6. The van der Waals surface area contributed by atoms with Crippen LogP contribution in [0.25, 0.3) is 0 Å². The number of piperidine rings is 1. The molecule has 6 nitrogen and oxygen atoms in total. The molecular formula is C27H37NO5. The molecule has 2 bridgehead atoms. The Bertz CT molecular complexity index is 989. The summed E-state index contributed by atoms with van der Waals surface area (Å²) in [7, 11) is 0. The van der Waals surface area contributed by atoms with Gasteiger partial charge in [-0.15, -0.1) is 0 Å². The van der Waals surface area contributed by atoms with Gasteiger partial charge in [-0.2, -0.15) is 0 Å². The predicted molar refractivity (Wildman–Crippen MR) is 125 cm³/mol. The normalized spacial score (nSPS) is 32.8. The molecule has 4 aliphatic rings. The van der Waals surface area contributed by atoms with Gasteiger partial charge in [0.2, 0.25) is 0 Å². The fourth-order valence-corrected chi connectivity index (χ4v) is 6.47. The molecule has 2 fully saturated rings. The van der Waals surface area contributed by atoms with Crippen molar-refractivity contribution < 1.29 is 24.2 Å². The Hall–Kier alpha value is -1.92. The van der Waals surface area contributed by atoms with Crippen molar-refractivity contribution in [2.45, 2.75) is 96.3 Å². The molecule has 5 rings (SSSR count). The molecular weight excluding hydrogens is 418 g/mol. The van der Waals surface area contributed by atoms with Crippen LogP contribution >= 0.6 is 0 Å². The lowest BCUT2D eigenvalue weighted by molar-refractivity contribution is -0.164. The Morgan fingerprint density at radius 1 is 1.27 bits per heavy atom. The fourth-order valence-electron chi connectivity index (χ4n) is 6.47. The third kappa shape index (κ3) is 3.52. The van der Waals surface area contributed by atoms with Crippen molar-refractivity contribution in [2.24, 2.45) is 11.3 Å². The largest absolute Gasteiger partial charge is 0.477 e. The Morgan fingerprint density at radius 2 is 2.00 bits per heavy atom. The van der Waals surface area contributed by atoms with E-state index in [1.165, 1.54) is 12.8 Å². The van der Waals surface area contributed by atoms with Crippen LogP contribution in [0.15, 0.2) is 12.1 Å². The first-order valence-corrected chi connectivity index (χ1v) is 12.5.